The molecule has 0 aromatic heterocycles. The summed E-state index contributed by atoms with van der Waals surface area (Å²) in [6.45, 7) is 3.95. The molecule has 21 heavy (non-hydrogen) atoms. The number of nitrogen functional groups attached to an aromatic ring is 1. The summed E-state index contributed by atoms with van der Waals surface area (Å²) in [6.07, 6.45) is 0. The lowest BCUT2D eigenvalue weighted by Gasteiger charge is -2.12. The molecule has 5 nitrogen and oxygen atoms in total. The minimum absolute atomic E-state index is 0.107. The number of aryl methyl sites for hydroxylation is 2. The molecule has 0 saturated carbocycles. The Labute approximate surface area is 124 Å². The maximum absolute atomic E-state index is 11.7. The Morgan fingerprint density at radius 3 is 2.29 bits per heavy atom. The Morgan fingerprint density at radius 2 is 1.71 bits per heavy atom. The molecule has 0 radical (unpaired) electrons. The molecule has 0 amide bonds. The maximum Gasteiger partial charge on any atom is 0.240 e. The molecular weight excluding hydrogens is 288 g/mol. The SMILES string of the molecule is CNS(=O)(=O)c1ccc(Oc2ccc(C)cc2C)c(N)c1. The van der Waals surface area contributed by atoms with Gasteiger partial charge >= 0.3 is 0 Å². The molecule has 2 aromatic rings. The third-order valence-electron chi connectivity index (χ3n) is 3.11. The first-order valence-electron chi connectivity index (χ1n) is 6.41. The number of benzene rings is 2. The highest BCUT2D eigenvalue weighted by atomic mass is 32.2. The molecule has 0 saturated heterocycles. The summed E-state index contributed by atoms with van der Waals surface area (Å²) >= 11 is 0. The standard InChI is InChI=1S/C15H18N2O3S/c1-10-4-6-14(11(2)8-10)20-15-7-5-12(9-13(15)16)21(18,19)17-3/h4-9,17H,16H2,1-3H3. The van der Waals surface area contributed by atoms with Crippen LogP contribution in [0.15, 0.2) is 41.3 Å². The number of hydrogen-bond acceptors (Lipinski definition) is 4. The third kappa shape index (κ3) is 3.34. The van der Waals surface area contributed by atoms with Gasteiger partial charge < -0.3 is 10.5 Å². The number of sulfonamides is 1. The molecule has 0 bridgehead atoms. The van der Waals surface area contributed by atoms with Crippen molar-refractivity contribution in [2.75, 3.05) is 12.8 Å². The zero-order valence-corrected chi connectivity index (χ0v) is 13.0. The fourth-order valence-electron chi connectivity index (χ4n) is 1.94. The topological polar surface area (TPSA) is 81.4 Å². The number of nitrogens with two attached hydrogens (primary N) is 1. The van der Waals surface area contributed by atoms with E-state index in [9.17, 15) is 8.42 Å². The maximum atomic E-state index is 11.7. The second-order valence-electron chi connectivity index (χ2n) is 4.78. The summed E-state index contributed by atoms with van der Waals surface area (Å²) in [6, 6.07) is 10.2. The summed E-state index contributed by atoms with van der Waals surface area (Å²) in [4.78, 5) is 0.107. The molecule has 3 N–H and O–H groups in total. The van der Waals surface area contributed by atoms with E-state index in [-0.39, 0.29) is 10.6 Å². The highest BCUT2D eigenvalue weighted by molar-refractivity contribution is 7.89. The van der Waals surface area contributed by atoms with Gasteiger partial charge in [0.2, 0.25) is 10.0 Å². The average Bonchev–Trinajstić information content (AvgIpc) is 2.43. The molecule has 2 aromatic carbocycles. The van der Waals surface area contributed by atoms with Gasteiger partial charge in [-0.25, -0.2) is 13.1 Å². The molecule has 0 aliphatic rings. The van der Waals surface area contributed by atoms with Crippen molar-refractivity contribution in [3.63, 3.8) is 0 Å². The fourth-order valence-corrected chi connectivity index (χ4v) is 2.70. The Hall–Kier alpha value is -2.05. The van der Waals surface area contributed by atoms with Crippen LogP contribution in [-0.4, -0.2) is 15.5 Å². The van der Waals surface area contributed by atoms with Crippen LogP contribution in [0, 0.1) is 13.8 Å². The second-order valence-corrected chi connectivity index (χ2v) is 6.66. The lowest BCUT2D eigenvalue weighted by atomic mass is 10.1. The smallest absolute Gasteiger partial charge is 0.240 e. The predicted molar refractivity (Wildman–Crippen MR) is 83.1 cm³/mol. The van der Waals surface area contributed by atoms with Crippen molar-refractivity contribution < 1.29 is 13.2 Å². The monoisotopic (exact) mass is 306 g/mol. The van der Waals surface area contributed by atoms with E-state index in [0.29, 0.717) is 11.5 Å². The van der Waals surface area contributed by atoms with Crippen LogP contribution in [0.5, 0.6) is 11.5 Å². The second kappa shape index (κ2) is 5.75. The van der Waals surface area contributed by atoms with Gasteiger partial charge in [-0.15, -0.1) is 0 Å². The van der Waals surface area contributed by atoms with Crippen LogP contribution in [0.4, 0.5) is 5.69 Å². The zero-order valence-electron chi connectivity index (χ0n) is 12.2. The Balaban J connectivity index is 2.34. The first-order valence-corrected chi connectivity index (χ1v) is 7.90. The van der Waals surface area contributed by atoms with Crippen LogP contribution >= 0.6 is 0 Å². The summed E-state index contributed by atoms with van der Waals surface area (Å²) in [5.41, 5.74) is 8.28. The largest absolute Gasteiger partial charge is 0.455 e. The van der Waals surface area contributed by atoms with Gasteiger partial charge in [0.15, 0.2) is 0 Å². The van der Waals surface area contributed by atoms with Gasteiger partial charge in [0.25, 0.3) is 0 Å². The van der Waals surface area contributed by atoms with Crippen LogP contribution in [0.25, 0.3) is 0 Å². The molecule has 0 fully saturated rings. The zero-order chi connectivity index (χ0) is 15.6. The molecule has 0 spiro atoms. The normalized spacial score (nSPS) is 11.4. The lowest BCUT2D eigenvalue weighted by Crippen LogP contribution is -2.18. The Bertz CT molecular complexity index is 770. The van der Waals surface area contributed by atoms with Crippen molar-refractivity contribution in [1.29, 1.82) is 0 Å². The molecule has 0 heterocycles. The molecule has 0 atom stereocenters. The number of hydrogen-bond donors (Lipinski definition) is 2. The van der Waals surface area contributed by atoms with Gasteiger partial charge in [0.1, 0.15) is 11.5 Å². The van der Waals surface area contributed by atoms with Crippen molar-refractivity contribution in [3.05, 3.63) is 47.5 Å². The van der Waals surface area contributed by atoms with Crippen LogP contribution in [0.3, 0.4) is 0 Å². The quantitative estimate of drug-likeness (QED) is 0.851. The summed E-state index contributed by atoms with van der Waals surface area (Å²) < 4.78 is 31.4. The van der Waals surface area contributed by atoms with E-state index in [1.54, 1.807) is 6.07 Å². The average molecular weight is 306 g/mol. The molecule has 112 valence electrons. The van der Waals surface area contributed by atoms with Gasteiger partial charge in [-0.2, -0.15) is 0 Å². The van der Waals surface area contributed by atoms with E-state index < -0.39 is 10.0 Å². The first kappa shape index (κ1) is 15.3. The van der Waals surface area contributed by atoms with E-state index in [2.05, 4.69) is 4.72 Å². The summed E-state index contributed by atoms with van der Waals surface area (Å²) in [5, 5.41) is 0. The first-order chi connectivity index (χ1) is 9.83. The number of ether oxygens (including phenoxy) is 1. The lowest BCUT2D eigenvalue weighted by molar-refractivity contribution is 0.480. The predicted octanol–water partition coefficient (Wildman–Crippen LogP) is 2.59. The minimum Gasteiger partial charge on any atom is -0.455 e. The summed E-state index contributed by atoms with van der Waals surface area (Å²) in [5.74, 6) is 1.12. The Morgan fingerprint density at radius 1 is 1.05 bits per heavy atom. The highest BCUT2D eigenvalue weighted by Gasteiger charge is 2.14. The molecule has 0 aliphatic heterocycles. The number of nitrogens with one attached hydrogen (secondary N) is 1. The van der Waals surface area contributed by atoms with Gasteiger partial charge in [-0.1, -0.05) is 17.7 Å². The number of anilines is 1. The highest BCUT2D eigenvalue weighted by Crippen LogP contribution is 2.31. The van der Waals surface area contributed by atoms with E-state index in [1.165, 1.54) is 19.2 Å². The van der Waals surface area contributed by atoms with Crippen molar-refractivity contribution >= 4 is 15.7 Å². The summed E-state index contributed by atoms with van der Waals surface area (Å²) in [7, 11) is -2.16. The van der Waals surface area contributed by atoms with Crippen molar-refractivity contribution in [2.45, 2.75) is 18.7 Å². The van der Waals surface area contributed by atoms with Crippen LogP contribution in [0.1, 0.15) is 11.1 Å². The van der Waals surface area contributed by atoms with Crippen molar-refractivity contribution in [3.8, 4) is 11.5 Å². The van der Waals surface area contributed by atoms with Crippen molar-refractivity contribution in [1.82, 2.24) is 4.72 Å². The van der Waals surface area contributed by atoms with E-state index >= 15 is 0 Å². The van der Waals surface area contributed by atoms with E-state index in [0.717, 1.165) is 11.1 Å². The molecule has 6 heteroatoms. The third-order valence-corrected chi connectivity index (χ3v) is 4.52. The Kier molecular flexibility index (Phi) is 4.20. The molecular formula is C15H18N2O3S. The molecule has 0 unspecified atom stereocenters. The minimum atomic E-state index is -3.51. The van der Waals surface area contributed by atoms with Gasteiger partial charge in [0, 0.05) is 0 Å². The van der Waals surface area contributed by atoms with Gasteiger partial charge in [0.05, 0.1) is 10.6 Å². The van der Waals surface area contributed by atoms with Crippen LogP contribution in [0.2, 0.25) is 0 Å². The van der Waals surface area contributed by atoms with Crippen molar-refractivity contribution in [2.24, 2.45) is 0 Å². The molecule has 0 aliphatic carbocycles. The van der Waals surface area contributed by atoms with Gasteiger partial charge in [-0.05, 0) is 50.7 Å². The van der Waals surface area contributed by atoms with Crippen LogP contribution in [-0.2, 0) is 10.0 Å². The number of rotatable bonds is 4. The molecule has 2 rings (SSSR count). The van der Waals surface area contributed by atoms with Crippen LogP contribution < -0.4 is 15.2 Å². The van der Waals surface area contributed by atoms with Gasteiger partial charge in [-0.3, -0.25) is 0 Å². The van der Waals surface area contributed by atoms with E-state index in [1.807, 2.05) is 32.0 Å². The van der Waals surface area contributed by atoms with E-state index in [4.69, 9.17) is 10.5 Å². The fraction of sp³-hybridized carbons (Fsp3) is 0.200.